The molecule has 0 saturated carbocycles. The summed E-state index contributed by atoms with van der Waals surface area (Å²) in [5.41, 5.74) is 2.69. The van der Waals surface area contributed by atoms with Crippen molar-refractivity contribution in [1.29, 1.82) is 0 Å². The van der Waals surface area contributed by atoms with Crippen molar-refractivity contribution in [1.82, 2.24) is 14.6 Å². The highest BCUT2D eigenvalue weighted by Crippen LogP contribution is 2.33. The molecule has 7 nitrogen and oxygen atoms in total. The van der Waals surface area contributed by atoms with Crippen LogP contribution in [-0.4, -0.2) is 53.1 Å². The van der Waals surface area contributed by atoms with Crippen molar-refractivity contribution in [2.75, 3.05) is 32.2 Å². The van der Waals surface area contributed by atoms with Crippen LogP contribution in [0.1, 0.15) is 12.8 Å². The van der Waals surface area contributed by atoms with Crippen LogP contribution < -0.4 is 14.4 Å². The van der Waals surface area contributed by atoms with Gasteiger partial charge in [0.15, 0.2) is 17.3 Å². The van der Waals surface area contributed by atoms with Crippen LogP contribution >= 0.6 is 0 Å². The number of hydrogen-bond acceptors (Lipinski definition) is 6. The van der Waals surface area contributed by atoms with E-state index in [2.05, 4.69) is 15.0 Å². The monoisotopic (exact) mass is 354 g/mol. The molecule has 7 heteroatoms. The number of aliphatic hydroxyl groups excluding tert-OH is 1. The van der Waals surface area contributed by atoms with E-state index in [9.17, 15) is 5.11 Å². The first-order chi connectivity index (χ1) is 12.7. The summed E-state index contributed by atoms with van der Waals surface area (Å²) in [6.07, 6.45) is 5.08. The molecule has 3 aromatic rings. The Labute approximate surface area is 151 Å². The summed E-state index contributed by atoms with van der Waals surface area (Å²) in [5, 5.41) is 14.7. The average Bonchev–Trinajstić information content (AvgIpc) is 3.11. The molecule has 1 atom stereocenters. The predicted octanol–water partition coefficient (Wildman–Crippen LogP) is 2.37. The van der Waals surface area contributed by atoms with E-state index in [0.29, 0.717) is 18.0 Å². The van der Waals surface area contributed by atoms with Gasteiger partial charge in [0, 0.05) is 31.0 Å². The van der Waals surface area contributed by atoms with Gasteiger partial charge in [0.2, 0.25) is 0 Å². The maximum Gasteiger partial charge on any atom is 0.161 e. The second kappa shape index (κ2) is 6.84. The summed E-state index contributed by atoms with van der Waals surface area (Å²) in [5.74, 6) is 2.20. The van der Waals surface area contributed by atoms with Gasteiger partial charge < -0.3 is 19.5 Å². The lowest BCUT2D eigenvalue weighted by Crippen LogP contribution is -2.38. The highest BCUT2D eigenvalue weighted by molar-refractivity contribution is 5.76. The van der Waals surface area contributed by atoms with Crippen molar-refractivity contribution >= 4 is 11.3 Å². The Hall–Kier alpha value is -2.80. The summed E-state index contributed by atoms with van der Waals surface area (Å²) in [6, 6.07) is 7.77. The second-order valence-corrected chi connectivity index (χ2v) is 6.42. The van der Waals surface area contributed by atoms with Crippen LogP contribution in [0.3, 0.4) is 0 Å². The molecule has 1 aliphatic rings. The molecule has 0 bridgehead atoms. The zero-order valence-corrected chi connectivity index (χ0v) is 14.9. The molecule has 2 aromatic heterocycles. The minimum Gasteiger partial charge on any atom is -0.493 e. The molecule has 1 unspecified atom stereocenters. The number of hydrogen-bond donors (Lipinski definition) is 1. The molecule has 1 fully saturated rings. The SMILES string of the molecule is COc1ccc(-c2cc3c(N4CCCC(O)C4)nccn3n2)cc1OC. The van der Waals surface area contributed by atoms with Gasteiger partial charge in [-0.2, -0.15) is 5.10 Å². The highest BCUT2D eigenvalue weighted by atomic mass is 16.5. The van der Waals surface area contributed by atoms with E-state index in [0.717, 1.165) is 42.0 Å². The van der Waals surface area contributed by atoms with E-state index in [1.165, 1.54) is 0 Å². The van der Waals surface area contributed by atoms with Gasteiger partial charge in [-0.15, -0.1) is 0 Å². The molecule has 1 aliphatic heterocycles. The third-order valence-electron chi connectivity index (χ3n) is 4.74. The van der Waals surface area contributed by atoms with Gasteiger partial charge in [0.05, 0.1) is 26.0 Å². The van der Waals surface area contributed by atoms with E-state index in [1.807, 2.05) is 35.0 Å². The quantitative estimate of drug-likeness (QED) is 0.776. The number of fused-ring (bicyclic) bond motifs is 1. The number of aliphatic hydroxyl groups is 1. The Morgan fingerprint density at radius 2 is 2.00 bits per heavy atom. The Balaban J connectivity index is 1.75. The number of ether oxygens (including phenoxy) is 2. The molecule has 4 rings (SSSR count). The van der Waals surface area contributed by atoms with E-state index < -0.39 is 0 Å². The maximum atomic E-state index is 9.99. The number of benzene rings is 1. The zero-order valence-electron chi connectivity index (χ0n) is 14.9. The van der Waals surface area contributed by atoms with Crippen LogP contribution in [0, 0.1) is 0 Å². The van der Waals surface area contributed by atoms with Crippen molar-refractivity contribution in [3.8, 4) is 22.8 Å². The Kier molecular flexibility index (Phi) is 4.38. The van der Waals surface area contributed by atoms with E-state index >= 15 is 0 Å². The van der Waals surface area contributed by atoms with Gasteiger partial charge in [-0.1, -0.05) is 0 Å². The molecule has 1 N–H and O–H groups in total. The number of anilines is 1. The first-order valence-electron chi connectivity index (χ1n) is 8.69. The van der Waals surface area contributed by atoms with Crippen molar-refractivity contribution in [2.45, 2.75) is 18.9 Å². The fourth-order valence-electron chi connectivity index (χ4n) is 3.44. The first kappa shape index (κ1) is 16.7. The molecule has 0 amide bonds. The second-order valence-electron chi connectivity index (χ2n) is 6.42. The molecule has 0 aliphatic carbocycles. The number of methoxy groups -OCH3 is 2. The molecular formula is C19H22N4O3. The highest BCUT2D eigenvalue weighted by Gasteiger charge is 2.21. The van der Waals surface area contributed by atoms with Crippen molar-refractivity contribution in [2.24, 2.45) is 0 Å². The number of piperidine rings is 1. The minimum atomic E-state index is -0.306. The molecule has 0 radical (unpaired) electrons. The van der Waals surface area contributed by atoms with Crippen LogP contribution in [0.5, 0.6) is 11.5 Å². The number of nitrogens with zero attached hydrogens (tertiary/aromatic N) is 4. The van der Waals surface area contributed by atoms with Gasteiger partial charge in [0.1, 0.15) is 5.52 Å². The smallest absolute Gasteiger partial charge is 0.161 e. The Morgan fingerprint density at radius 3 is 2.77 bits per heavy atom. The van der Waals surface area contributed by atoms with Gasteiger partial charge in [0.25, 0.3) is 0 Å². The lowest BCUT2D eigenvalue weighted by Gasteiger charge is -2.31. The summed E-state index contributed by atoms with van der Waals surface area (Å²) < 4.78 is 12.5. The summed E-state index contributed by atoms with van der Waals surface area (Å²) >= 11 is 0. The van der Waals surface area contributed by atoms with Crippen molar-refractivity contribution < 1.29 is 14.6 Å². The van der Waals surface area contributed by atoms with Crippen LogP contribution in [0.15, 0.2) is 36.7 Å². The molecule has 26 heavy (non-hydrogen) atoms. The van der Waals surface area contributed by atoms with E-state index in [-0.39, 0.29) is 6.10 Å². The van der Waals surface area contributed by atoms with Gasteiger partial charge in [-0.25, -0.2) is 9.50 Å². The Bertz CT molecular complexity index is 924. The van der Waals surface area contributed by atoms with Gasteiger partial charge >= 0.3 is 0 Å². The van der Waals surface area contributed by atoms with Crippen LogP contribution in [0.25, 0.3) is 16.8 Å². The van der Waals surface area contributed by atoms with E-state index in [4.69, 9.17) is 9.47 Å². The first-order valence-corrected chi connectivity index (χ1v) is 8.69. The van der Waals surface area contributed by atoms with Crippen LogP contribution in [-0.2, 0) is 0 Å². The molecule has 136 valence electrons. The number of β-amino-alcohol motifs (C(OH)–C–C–N with tert-alkyl or cyclic N) is 1. The Morgan fingerprint density at radius 1 is 1.15 bits per heavy atom. The topological polar surface area (TPSA) is 72.1 Å². The lowest BCUT2D eigenvalue weighted by atomic mass is 10.1. The molecule has 1 saturated heterocycles. The molecule has 1 aromatic carbocycles. The fraction of sp³-hybridized carbons (Fsp3) is 0.368. The molecule has 3 heterocycles. The van der Waals surface area contributed by atoms with Gasteiger partial charge in [-0.3, -0.25) is 0 Å². The van der Waals surface area contributed by atoms with Crippen LogP contribution in [0.4, 0.5) is 5.82 Å². The van der Waals surface area contributed by atoms with Gasteiger partial charge in [-0.05, 0) is 37.1 Å². The maximum absolute atomic E-state index is 9.99. The molecule has 0 spiro atoms. The normalized spacial score (nSPS) is 17.5. The summed E-state index contributed by atoms with van der Waals surface area (Å²) in [7, 11) is 3.24. The number of aromatic nitrogens is 3. The van der Waals surface area contributed by atoms with Crippen LogP contribution in [0.2, 0.25) is 0 Å². The summed E-state index contributed by atoms with van der Waals surface area (Å²) in [4.78, 5) is 6.67. The van der Waals surface area contributed by atoms with Crippen molar-refractivity contribution in [3.63, 3.8) is 0 Å². The predicted molar refractivity (Wildman–Crippen MR) is 99.0 cm³/mol. The summed E-state index contributed by atoms with van der Waals surface area (Å²) in [6.45, 7) is 1.49. The largest absolute Gasteiger partial charge is 0.493 e. The third-order valence-corrected chi connectivity index (χ3v) is 4.74. The average molecular weight is 354 g/mol. The fourth-order valence-corrected chi connectivity index (χ4v) is 3.44. The van der Waals surface area contributed by atoms with Crippen molar-refractivity contribution in [3.05, 3.63) is 36.7 Å². The molecular weight excluding hydrogens is 332 g/mol. The van der Waals surface area contributed by atoms with E-state index in [1.54, 1.807) is 20.4 Å². The third kappa shape index (κ3) is 2.94. The number of rotatable bonds is 4. The lowest BCUT2D eigenvalue weighted by molar-refractivity contribution is 0.154. The standard InChI is InChI=1S/C19H22N4O3/c1-25-17-6-5-13(10-18(17)26-2)15-11-16-19(20-7-9-23(16)21-15)22-8-3-4-14(24)12-22/h5-7,9-11,14,24H,3-4,8,12H2,1-2H3. The zero-order chi connectivity index (χ0) is 18.1. The minimum absolute atomic E-state index is 0.306.